The fraction of sp³-hybridized carbons (Fsp3) is 0.500. The summed E-state index contributed by atoms with van der Waals surface area (Å²) in [4.78, 5) is 10.4. The maximum absolute atomic E-state index is 10.9. The van der Waals surface area contributed by atoms with Crippen LogP contribution in [-0.4, -0.2) is 32.8 Å². The van der Waals surface area contributed by atoms with E-state index in [4.69, 9.17) is 0 Å². The van der Waals surface area contributed by atoms with Gasteiger partial charge in [0.05, 0.1) is 10.6 Å². The Labute approximate surface area is 119 Å². The van der Waals surface area contributed by atoms with Gasteiger partial charge in [-0.05, 0) is 41.9 Å². The quantitative estimate of drug-likeness (QED) is 0.684. The minimum atomic E-state index is -0.477. The minimum Gasteiger partial charge on any atom is -0.380 e. The molecule has 1 aliphatic carbocycles. The molecule has 8 heteroatoms. The van der Waals surface area contributed by atoms with Gasteiger partial charge in [-0.3, -0.25) is 10.1 Å². The Morgan fingerprint density at radius 3 is 2.90 bits per heavy atom. The summed E-state index contributed by atoms with van der Waals surface area (Å²) in [5, 5.41) is 22.4. The zero-order chi connectivity index (χ0) is 14.1. The Morgan fingerprint density at radius 1 is 1.40 bits per heavy atom. The summed E-state index contributed by atoms with van der Waals surface area (Å²) in [5.41, 5.74) is 1.28. The Morgan fingerprint density at radius 2 is 2.20 bits per heavy atom. The minimum absolute atomic E-state index is 0.0831. The number of nitrogens with zero attached hydrogens (tertiary/aromatic N) is 3. The van der Waals surface area contributed by atoms with Crippen LogP contribution >= 0.6 is 11.8 Å². The smallest absolute Gasteiger partial charge is 0.300 e. The molecule has 1 N–H and O–H groups in total. The molecule has 1 aromatic heterocycles. The van der Waals surface area contributed by atoms with Gasteiger partial charge in [0.25, 0.3) is 0 Å². The lowest BCUT2D eigenvalue weighted by atomic mass is 10.2. The highest BCUT2D eigenvalue weighted by Gasteiger charge is 2.26. The van der Waals surface area contributed by atoms with Gasteiger partial charge in [-0.2, -0.15) is 11.8 Å². The van der Waals surface area contributed by atoms with E-state index < -0.39 is 4.92 Å². The maximum Gasteiger partial charge on any atom is 0.300 e. The Hall–Kier alpha value is -1.83. The lowest BCUT2D eigenvalue weighted by Crippen LogP contribution is -2.16. The molecule has 1 fully saturated rings. The highest BCUT2D eigenvalue weighted by Crippen LogP contribution is 2.33. The van der Waals surface area contributed by atoms with E-state index in [1.807, 2.05) is 11.8 Å². The second-order valence-electron chi connectivity index (χ2n) is 4.86. The standard InChI is InChI=1S/C12H14N4O3S/c1-20-8-3-2-7(6-8)13-9-4-5-10(16(17)18)12-11(9)14-19-15-12/h4-5,7-8,13H,2-3,6H2,1H3. The van der Waals surface area contributed by atoms with Crippen LogP contribution in [0.4, 0.5) is 11.4 Å². The van der Waals surface area contributed by atoms with E-state index in [1.165, 1.54) is 12.5 Å². The lowest BCUT2D eigenvalue weighted by molar-refractivity contribution is -0.383. The van der Waals surface area contributed by atoms with Crippen molar-refractivity contribution in [3.05, 3.63) is 22.2 Å². The van der Waals surface area contributed by atoms with E-state index >= 15 is 0 Å². The molecule has 1 aliphatic rings. The van der Waals surface area contributed by atoms with E-state index in [0.717, 1.165) is 18.5 Å². The van der Waals surface area contributed by atoms with Gasteiger partial charge in [-0.25, -0.2) is 4.63 Å². The predicted molar refractivity (Wildman–Crippen MR) is 77.0 cm³/mol. The summed E-state index contributed by atoms with van der Waals surface area (Å²) in [6, 6.07) is 3.49. The van der Waals surface area contributed by atoms with Gasteiger partial charge in [-0.1, -0.05) is 0 Å². The van der Waals surface area contributed by atoms with Crippen molar-refractivity contribution >= 4 is 34.2 Å². The number of anilines is 1. The summed E-state index contributed by atoms with van der Waals surface area (Å²) in [6.45, 7) is 0. The van der Waals surface area contributed by atoms with E-state index in [-0.39, 0.29) is 11.2 Å². The zero-order valence-corrected chi connectivity index (χ0v) is 11.7. The van der Waals surface area contributed by atoms with Crippen LogP contribution < -0.4 is 5.32 Å². The Balaban J connectivity index is 1.88. The first-order chi connectivity index (χ1) is 9.69. The molecule has 0 saturated heterocycles. The molecule has 0 aliphatic heterocycles. The van der Waals surface area contributed by atoms with Crippen molar-refractivity contribution in [2.45, 2.75) is 30.6 Å². The van der Waals surface area contributed by atoms with Crippen molar-refractivity contribution < 1.29 is 9.55 Å². The van der Waals surface area contributed by atoms with Gasteiger partial charge in [0.15, 0.2) is 5.52 Å². The second kappa shape index (κ2) is 5.28. The molecule has 2 aromatic rings. The number of nitro benzene ring substituents is 1. The van der Waals surface area contributed by atoms with Crippen molar-refractivity contribution in [3.63, 3.8) is 0 Å². The van der Waals surface area contributed by atoms with E-state index in [2.05, 4.69) is 26.5 Å². The number of aromatic nitrogens is 2. The van der Waals surface area contributed by atoms with Crippen LogP contribution in [0.5, 0.6) is 0 Å². The molecule has 2 atom stereocenters. The first-order valence-corrected chi connectivity index (χ1v) is 7.67. The fourth-order valence-corrected chi connectivity index (χ4v) is 3.42. The maximum atomic E-state index is 10.9. The van der Waals surface area contributed by atoms with Gasteiger partial charge in [-0.15, -0.1) is 0 Å². The molecule has 106 valence electrons. The fourth-order valence-electron chi connectivity index (χ4n) is 2.62. The highest BCUT2D eigenvalue weighted by molar-refractivity contribution is 7.99. The van der Waals surface area contributed by atoms with Crippen molar-refractivity contribution in [2.24, 2.45) is 0 Å². The predicted octanol–water partition coefficient (Wildman–Crippen LogP) is 2.83. The van der Waals surface area contributed by atoms with Gasteiger partial charge in [0.1, 0.15) is 0 Å². The monoisotopic (exact) mass is 294 g/mol. The Kier molecular flexibility index (Phi) is 3.47. The summed E-state index contributed by atoms with van der Waals surface area (Å²) < 4.78 is 4.65. The molecule has 1 aromatic carbocycles. The normalized spacial score (nSPS) is 22.2. The molecule has 2 unspecified atom stereocenters. The van der Waals surface area contributed by atoms with E-state index in [1.54, 1.807) is 6.07 Å². The molecule has 1 saturated carbocycles. The third kappa shape index (κ3) is 2.31. The number of hydrogen-bond acceptors (Lipinski definition) is 7. The number of nitrogens with one attached hydrogen (secondary N) is 1. The summed E-state index contributed by atoms with van der Waals surface area (Å²) in [7, 11) is 0. The molecule has 0 radical (unpaired) electrons. The van der Waals surface area contributed by atoms with Crippen LogP contribution in [0.3, 0.4) is 0 Å². The van der Waals surface area contributed by atoms with Crippen LogP contribution in [0, 0.1) is 10.1 Å². The number of nitro groups is 1. The highest BCUT2D eigenvalue weighted by atomic mass is 32.2. The lowest BCUT2D eigenvalue weighted by Gasteiger charge is -2.14. The van der Waals surface area contributed by atoms with Gasteiger partial charge in [0, 0.05) is 17.4 Å². The average Bonchev–Trinajstić information content (AvgIpc) is 3.07. The number of non-ortho nitro benzene ring substituents is 1. The van der Waals surface area contributed by atoms with E-state index in [9.17, 15) is 10.1 Å². The van der Waals surface area contributed by atoms with Crippen LogP contribution in [0.15, 0.2) is 16.8 Å². The third-order valence-electron chi connectivity index (χ3n) is 3.67. The second-order valence-corrected chi connectivity index (χ2v) is 6.00. The van der Waals surface area contributed by atoms with Crippen molar-refractivity contribution in [1.82, 2.24) is 10.3 Å². The van der Waals surface area contributed by atoms with Crippen LogP contribution in [-0.2, 0) is 0 Å². The SMILES string of the molecule is CSC1CCC(Nc2ccc([N+](=O)[O-])c3nonc23)C1. The van der Waals surface area contributed by atoms with Crippen molar-refractivity contribution in [3.8, 4) is 0 Å². The molecule has 20 heavy (non-hydrogen) atoms. The van der Waals surface area contributed by atoms with Crippen molar-refractivity contribution in [1.29, 1.82) is 0 Å². The third-order valence-corrected chi connectivity index (χ3v) is 4.76. The Bertz CT molecular complexity index is 645. The topological polar surface area (TPSA) is 94.1 Å². The number of fused-ring (bicyclic) bond motifs is 1. The van der Waals surface area contributed by atoms with Crippen LogP contribution in [0.1, 0.15) is 19.3 Å². The molecule has 1 heterocycles. The molecular formula is C12H14N4O3S. The van der Waals surface area contributed by atoms with Gasteiger partial charge in [0.2, 0.25) is 5.52 Å². The first kappa shape index (κ1) is 13.2. The number of benzene rings is 1. The molecular weight excluding hydrogens is 280 g/mol. The number of rotatable bonds is 4. The van der Waals surface area contributed by atoms with Crippen LogP contribution in [0.2, 0.25) is 0 Å². The molecule has 3 rings (SSSR count). The summed E-state index contributed by atoms with van der Waals surface area (Å²) in [6.07, 6.45) is 5.49. The van der Waals surface area contributed by atoms with E-state index in [0.29, 0.717) is 16.8 Å². The number of thioether (sulfide) groups is 1. The van der Waals surface area contributed by atoms with Gasteiger partial charge < -0.3 is 5.32 Å². The average molecular weight is 294 g/mol. The van der Waals surface area contributed by atoms with Crippen LogP contribution in [0.25, 0.3) is 11.0 Å². The largest absolute Gasteiger partial charge is 0.380 e. The van der Waals surface area contributed by atoms with Gasteiger partial charge >= 0.3 is 5.69 Å². The molecule has 7 nitrogen and oxygen atoms in total. The zero-order valence-electron chi connectivity index (χ0n) is 10.9. The number of hydrogen-bond donors (Lipinski definition) is 1. The summed E-state index contributed by atoms with van der Waals surface area (Å²) in [5.74, 6) is 0. The molecule has 0 amide bonds. The first-order valence-electron chi connectivity index (χ1n) is 6.38. The summed E-state index contributed by atoms with van der Waals surface area (Å²) >= 11 is 1.88. The molecule has 0 spiro atoms. The molecule has 0 bridgehead atoms. The van der Waals surface area contributed by atoms with Crippen molar-refractivity contribution in [2.75, 3.05) is 11.6 Å².